The molecule has 0 unspecified atom stereocenters. The lowest BCUT2D eigenvalue weighted by Crippen LogP contribution is -2.32. The highest BCUT2D eigenvalue weighted by molar-refractivity contribution is 5.84. The molecule has 1 aliphatic carbocycles. The summed E-state index contributed by atoms with van der Waals surface area (Å²) >= 11 is 0. The van der Waals surface area contributed by atoms with Crippen molar-refractivity contribution in [1.82, 2.24) is 4.90 Å². The lowest BCUT2D eigenvalue weighted by atomic mass is 10.0. The highest BCUT2D eigenvalue weighted by atomic mass is 16.3. The van der Waals surface area contributed by atoms with Crippen molar-refractivity contribution < 1.29 is 5.11 Å². The standard InChI is InChI=1S/C17H18N2O/c20-15-6-4-5-13-17(15)16-12(7-8-14(16)18-13)11-19-9-2-1-3-10-19/h4-8,20H,1-3,9-11H2. The molecular formula is C17H18N2O. The third-order valence-corrected chi connectivity index (χ3v) is 4.37. The van der Waals surface area contributed by atoms with Crippen LogP contribution in [0.3, 0.4) is 0 Å². The van der Waals surface area contributed by atoms with Crippen LogP contribution in [0.25, 0.3) is 5.57 Å². The van der Waals surface area contributed by atoms with Crippen LogP contribution in [0.5, 0.6) is 5.75 Å². The first-order chi connectivity index (χ1) is 9.83. The molecule has 1 aromatic rings. The van der Waals surface area contributed by atoms with Gasteiger partial charge in [-0.15, -0.1) is 0 Å². The number of hydrogen-bond donors (Lipinski definition) is 1. The van der Waals surface area contributed by atoms with Gasteiger partial charge >= 0.3 is 0 Å². The van der Waals surface area contributed by atoms with Gasteiger partial charge in [0.2, 0.25) is 0 Å². The molecule has 3 nitrogen and oxygen atoms in total. The maximum Gasteiger partial charge on any atom is 0.125 e. The normalized spacial score (nSPS) is 21.1. The lowest BCUT2D eigenvalue weighted by molar-refractivity contribution is 0.248. The molecule has 1 aromatic carbocycles. The minimum atomic E-state index is 0.344. The van der Waals surface area contributed by atoms with Gasteiger partial charge in [0.05, 0.1) is 16.3 Å². The summed E-state index contributed by atoms with van der Waals surface area (Å²) in [5.41, 5.74) is 3.45. The van der Waals surface area contributed by atoms with Crippen molar-refractivity contribution >= 4 is 5.57 Å². The molecule has 0 spiro atoms. The summed E-state index contributed by atoms with van der Waals surface area (Å²) in [6.07, 6.45) is 8.20. The predicted molar refractivity (Wildman–Crippen MR) is 78.8 cm³/mol. The monoisotopic (exact) mass is 266 g/mol. The van der Waals surface area contributed by atoms with Crippen molar-refractivity contribution in [2.45, 2.75) is 19.3 Å². The number of piperidine rings is 1. The molecule has 1 fully saturated rings. The number of rotatable bonds is 2. The Hall–Kier alpha value is -1.87. The average molecular weight is 266 g/mol. The van der Waals surface area contributed by atoms with E-state index in [4.69, 9.17) is 0 Å². The second kappa shape index (κ2) is 4.60. The zero-order valence-corrected chi connectivity index (χ0v) is 11.5. The molecule has 3 aliphatic rings. The van der Waals surface area contributed by atoms with Crippen LogP contribution in [0.4, 0.5) is 0 Å². The van der Waals surface area contributed by atoms with Crippen LogP contribution in [0.1, 0.15) is 19.3 Å². The molecule has 1 N–H and O–H groups in total. The molecule has 0 bridgehead atoms. The third kappa shape index (κ3) is 1.81. The van der Waals surface area contributed by atoms with E-state index in [0.717, 1.165) is 28.4 Å². The van der Waals surface area contributed by atoms with Gasteiger partial charge < -0.3 is 5.11 Å². The Morgan fingerprint density at radius 2 is 1.95 bits per heavy atom. The van der Waals surface area contributed by atoms with Gasteiger partial charge in [-0.3, -0.25) is 4.90 Å². The Balaban J connectivity index is 1.73. The van der Waals surface area contributed by atoms with Crippen LogP contribution in [-0.2, 0) is 0 Å². The Morgan fingerprint density at radius 1 is 1.10 bits per heavy atom. The lowest BCUT2D eigenvalue weighted by Gasteiger charge is -2.27. The molecule has 0 aromatic heterocycles. The molecule has 102 valence electrons. The Bertz CT molecular complexity index is 737. The fraction of sp³-hybridized carbons (Fsp3) is 0.353. The fourth-order valence-corrected chi connectivity index (χ4v) is 3.39. The highest BCUT2D eigenvalue weighted by Crippen LogP contribution is 2.30. The van der Waals surface area contributed by atoms with Crippen LogP contribution in [0.15, 0.2) is 46.6 Å². The predicted octanol–water partition coefficient (Wildman–Crippen LogP) is 1.49. The van der Waals surface area contributed by atoms with Gasteiger partial charge in [-0.05, 0) is 49.7 Å². The van der Waals surface area contributed by atoms with Gasteiger partial charge in [0.1, 0.15) is 5.75 Å². The van der Waals surface area contributed by atoms with Crippen molar-refractivity contribution in [1.29, 1.82) is 0 Å². The molecule has 0 amide bonds. The van der Waals surface area contributed by atoms with E-state index in [1.54, 1.807) is 6.07 Å². The first-order valence-corrected chi connectivity index (χ1v) is 7.38. The molecule has 3 heteroatoms. The molecule has 4 rings (SSSR count). The molecule has 0 radical (unpaired) electrons. The number of phenolic OH excluding ortho intramolecular Hbond substituents is 1. The summed E-state index contributed by atoms with van der Waals surface area (Å²) in [5.74, 6) is 0.344. The van der Waals surface area contributed by atoms with Crippen LogP contribution in [0, 0.1) is 0 Å². The zero-order valence-electron chi connectivity index (χ0n) is 11.5. The van der Waals surface area contributed by atoms with E-state index < -0.39 is 0 Å². The van der Waals surface area contributed by atoms with Gasteiger partial charge in [0.15, 0.2) is 0 Å². The molecule has 0 atom stereocenters. The summed E-state index contributed by atoms with van der Waals surface area (Å²) in [6.45, 7) is 3.34. The van der Waals surface area contributed by atoms with Crippen molar-refractivity contribution in [3.63, 3.8) is 0 Å². The molecule has 2 aliphatic heterocycles. The minimum Gasteiger partial charge on any atom is -0.507 e. The number of aromatic hydroxyl groups is 1. The second-order valence-corrected chi connectivity index (χ2v) is 5.74. The van der Waals surface area contributed by atoms with Crippen LogP contribution >= 0.6 is 0 Å². The first-order valence-electron chi connectivity index (χ1n) is 7.38. The smallest absolute Gasteiger partial charge is 0.125 e. The summed E-state index contributed by atoms with van der Waals surface area (Å²) in [7, 11) is 0. The van der Waals surface area contributed by atoms with Crippen LogP contribution in [0.2, 0.25) is 0 Å². The Morgan fingerprint density at radius 3 is 2.80 bits per heavy atom. The number of allylic oxidation sites excluding steroid dienone is 3. The number of nitrogens with zero attached hydrogens (tertiary/aromatic N) is 2. The quantitative estimate of drug-likeness (QED) is 0.880. The van der Waals surface area contributed by atoms with Crippen molar-refractivity contribution in [3.8, 4) is 5.75 Å². The van der Waals surface area contributed by atoms with Gasteiger partial charge in [-0.1, -0.05) is 18.6 Å². The SMILES string of the molecule is Oc1cccc2c1=C1C(CN3CCCCC3)=CC=C1N=2. The Kier molecular flexibility index (Phi) is 2.74. The number of phenols is 1. The first kappa shape index (κ1) is 11.9. The van der Waals surface area contributed by atoms with Crippen LogP contribution in [-0.4, -0.2) is 29.6 Å². The minimum absolute atomic E-state index is 0.344. The van der Waals surface area contributed by atoms with E-state index in [-0.39, 0.29) is 0 Å². The van der Waals surface area contributed by atoms with Gasteiger partial charge in [0, 0.05) is 12.1 Å². The van der Waals surface area contributed by atoms with E-state index >= 15 is 0 Å². The summed E-state index contributed by atoms with van der Waals surface area (Å²) in [4.78, 5) is 7.12. The molecule has 2 heterocycles. The molecule has 1 saturated heterocycles. The van der Waals surface area contributed by atoms with Crippen LogP contribution < -0.4 is 10.6 Å². The number of fused-ring (bicyclic) bond motifs is 2. The molecule has 0 saturated carbocycles. The van der Waals surface area contributed by atoms with E-state index in [9.17, 15) is 5.11 Å². The molecular weight excluding hydrogens is 248 g/mol. The topological polar surface area (TPSA) is 35.8 Å². The maximum atomic E-state index is 10.2. The summed E-state index contributed by atoms with van der Waals surface area (Å²) < 4.78 is 0. The maximum absolute atomic E-state index is 10.2. The van der Waals surface area contributed by atoms with E-state index in [2.05, 4.69) is 22.0 Å². The van der Waals surface area contributed by atoms with E-state index in [1.165, 1.54) is 37.9 Å². The Labute approximate surface area is 118 Å². The summed E-state index contributed by atoms with van der Waals surface area (Å²) in [6, 6.07) is 5.58. The number of hydrogen-bond acceptors (Lipinski definition) is 3. The summed E-state index contributed by atoms with van der Waals surface area (Å²) in [5, 5.41) is 12.0. The van der Waals surface area contributed by atoms with Crippen molar-refractivity contribution in [3.05, 3.63) is 52.2 Å². The molecule has 20 heavy (non-hydrogen) atoms. The third-order valence-electron chi connectivity index (χ3n) is 4.37. The number of likely N-dealkylation sites (tertiary alicyclic amines) is 1. The zero-order chi connectivity index (χ0) is 13.5. The van der Waals surface area contributed by atoms with Crippen molar-refractivity contribution in [2.75, 3.05) is 19.6 Å². The van der Waals surface area contributed by atoms with Crippen molar-refractivity contribution in [2.24, 2.45) is 4.99 Å². The van der Waals surface area contributed by atoms with E-state index in [0.29, 0.717) is 5.75 Å². The van der Waals surface area contributed by atoms with Gasteiger partial charge in [-0.2, -0.15) is 0 Å². The van der Waals surface area contributed by atoms with Gasteiger partial charge in [0.25, 0.3) is 0 Å². The number of benzene rings is 1. The van der Waals surface area contributed by atoms with Gasteiger partial charge in [-0.25, -0.2) is 4.99 Å². The largest absolute Gasteiger partial charge is 0.507 e. The second-order valence-electron chi connectivity index (χ2n) is 5.74. The highest BCUT2D eigenvalue weighted by Gasteiger charge is 2.24. The average Bonchev–Trinajstić information content (AvgIpc) is 3.01. The van der Waals surface area contributed by atoms with E-state index in [1.807, 2.05) is 12.1 Å². The fourth-order valence-electron chi connectivity index (χ4n) is 3.39.